The third-order valence-corrected chi connectivity index (χ3v) is 4.51. The van der Waals surface area contributed by atoms with E-state index in [1.54, 1.807) is 18.3 Å². The average Bonchev–Trinajstić information content (AvgIpc) is 3.03. The van der Waals surface area contributed by atoms with E-state index < -0.39 is 18.6 Å². The van der Waals surface area contributed by atoms with Crippen LogP contribution in [0.25, 0.3) is 0 Å². The Kier molecular flexibility index (Phi) is 4.88. The second-order valence-electron chi connectivity index (χ2n) is 5.58. The van der Waals surface area contributed by atoms with Crippen LogP contribution in [0, 0.1) is 0 Å². The minimum Gasteiger partial charge on any atom is -0.467 e. The van der Waals surface area contributed by atoms with E-state index in [0.717, 1.165) is 29.5 Å². The molecule has 0 unspecified atom stereocenters. The molecule has 5 nitrogen and oxygen atoms in total. The molecule has 0 radical (unpaired) electrons. The summed E-state index contributed by atoms with van der Waals surface area (Å²) >= 11 is 1.16. The predicted octanol–water partition coefficient (Wildman–Crippen LogP) is 3.49. The van der Waals surface area contributed by atoms with Gasteiger partial charge < -0.3 is 13.9 Å². The van der Waals surface area contributed by atoms with Crippen LogP contribution in [0.15, 0.2) is 40.4 Å². The Labute approximate surface area is 140 Å². The van der Waals surface area contributed by atoms with Gasteiger partial charge in [0, 0.05) is 18.4 Å². The van der Waals surface area contributed by atoms with Gasteiger partial charge in [-0.3, -0.25) is 4.79 Å². The lowest BCUT2D eigenvalue weighted by molar-refractivity contribution is -0.161. The molecule has 1 amide bonds. The van der Waals surface area contributed by atoms with E-state index in [2.05, 4.69) is 4.98 Å². The van der Waals surface area contributed by atoms with Gasteiger partial charge in [-0.15, -0.1) is 0 Å². The fraction of sp³-hybridized carbons (Fsp3) is 0.467. The fourth-order valence-corrected chi connectivity index (χ4v) is 3.23. The largest absolute Gasteiger partial charge is 0.467 e. The van der Waals surface area contributed by atoms with Gasteiger partial charge in [0.1, 0.15) is 12.3 Å². The van der Waals surface area contributed by atoms with E-state index in [1.165, 1.54) is 6.26 Å². The van der Waals surface area contributed by atoms with Gasteiger partial charge in [0.2, 0.25) is 5.91 Å². The number of hydrogen-bond acceptors (Lipinski definition) is 4. The second kappa shape index (κ2) is 6.92. The first kappa shape index (κ1) is 16.9. The summed E-state index contributed by atoms with van der Waals surface area (Å²) in [4.78, 5) is 17.2. The summed E-state index contributed by atoms with van der Waals surface area (Å²) in [5.74, 6) is -0.378. The molecule has 24 heavy (non-hydrogen) atoms. The van der Waals surface area contributed by atoms with Crippen molar-refractivity contribution in [2.75, 3.05) is 12.3 Å². The summed E-state index contributed by atoms with van der Waals surface area (Å²) in [6.45, 7) is -1.51. The van der Waals surface area contributed by atoms with E-state index in [9.17, 15) is 18.0 Å². The third kappa shape index (κ3) is 4.56. The normalized spacial score (nSPS) is 14.8. The molecule has 9 heteroatoms. The molecule has 2 aromatic heterocycles. The monoisotopic (exact) mass is 359 g/mol. The maximum Gasteiger partial charge on any atom is 0.406 e. The SMILES string of the molecule is O=C(CSc1nccn1C1CC1)N(Cc1ccco1)CC(F)(F)F. The highest BCUT2D eigenvalue weighted by Gasteiger charge is 2.33. The zero-order valence-corrected chi connectivity index (χ0v) is 13.5. The van der Waals surface area contributed by atoms with Crippen LogP contribution in [-0.2, 0) is 11.3 Å². The Hall–Kier alpha value is -1.90. The summed E-state index contributed by atoms with van der Waals surface area (Å²) in [5.41, 5.74) is 0. The van der Waals surface area contributed by atoms with Crippen LogP contribution in [0.2, 0.25) is 0 Å². The van der Waals surface area contributed by atoms with Crippen LogP contribution in [0.4, 0.5) is 13.2 Å². The fourth-order valence-electron chi connectivity index (χ4n) is 2.30. The predicted molar refractivity (Wildman–Crippen MR) is 81.4 cm³/mol. The van der Waals surface area contributed by atoms with Crippen LogP contribution in [-0.4, -0.2) is 38.8 Å². The number of carbonyl (C=O) groups is 1. The van der Waals surface area contributed by atoms with Crippen LogP contribution in [0.1, 0.15) is 24.6 Å². The lowest BCUT2D eigenvalue weighted by atomic mass is 10.3. The highest BCUT2D eigenvalue weighted by molar-refractivity contribution is 7.99. The molecule has 1 aliphatic rings. The number of carbonyl (C=O) groups excluding carboxylic acids is 1. The van der Waals surface area contributed by atoms with E-state index >= 15 is 0 Å². The highest BCUT2D eigenvalue weighted by Crippen LogP contribution is 2.37. The van der Waals surface area contributed by atoms with Crippen molar-refractivity contribution in [3.63, 3.8) is 0 Å². The quantitative estimate of drug-likeness (QED) is 0.710. The minimum absolute atomic E-state index is 0.0967. The molecule has 0 N–H and O–H groups in total. The van der Waals surface area contributed by atoms with Crippen LogP contribution >= 0.6 is 11.8 Å². The van der Waals surface area contributed by atoms with Crippen molar-refractivity contribution in [3.05, 3.63) is 36.5 Å². The highest BCUT2D eigenvalue weighted by atomic mass is 32.2. The molecule has 2 heterocycles. The van der Waals surface area contributed by atoms with E-state index in [0.29, 0.717) is 17.0 Å². The third-order valence-electron chi connectivity index (χ3n) is 3.55. The number of nitrogens with zero attached hydrogens (tertiary/aromatic N) is 3. The number of furan rings is 1. The standard InChI is InChI=1S/C15H16F3N3O2S/c16-15(17,18)10-20(8-12-2-1-7-23-12)13(22)9-24-14-19-5-6-21(14)11-3-4-11/h1-2,5-7,11H,3-4,8-10H2. The molecule has 2 aromatic rings. The van der Waals surface area contributed by atoms with E-state index in [1.807, 2.05) is 10.8 Å². The van der Waals surface area contributed by atoms with Gasteiger partial charge in [0.05, 0.1) is 18.6 Å². The maximum atomic E-state index is 12.7. The van der Waals surface area contributed by atoms with Crippen molar-refractivity contribution in [2.24, 2.45) is 0 Å². The summed E-state index contributed by atoms with van der Waals surface area (Å²) in [7, 11) is 0. The first-order chi connectivity index (χ1) is 11.4. The first-order valence-electron chi connectivity index (χ1n) is 7.45. The molecule has 1 saturated carbocycles. The topological polar surface area (TPSA) is 51.3 Å². The number of halogens is 3. The Bertz CT molecular complexity index is 680. The van der Waals surface area contributed by atoms with Crippen molar-refractivity contribution >= 4 is 17.7 Å². The molecular formula is C15H16F3N3O2S. The molecule has 1 fully saturated rings. The van der Waals surface area contributed by atoms with Crippen molar-refractivity contribution in [2.45, 2.75) is 36.8 Å². The van der Waals surface area contributed by atoms with E-state index in [-0.39, 0.29) is 12.3 Å². The molecule has 0 saturated heterocycles. The number of aromatic nitrogens is 2. The van der Waals surface area contributed by atoms with Gasteiger partial charge in [0.25, 0.3) is 0 Å². The first-order valence-corrected chi connectivity index (χ1v) is 8.43. The van der Waals surface area contributed by atoms with Crippen molar-refractivity contribution in [1.29, 1.82) is 0 Å². The number of hydrogen-bond donors (Lipinski definition) is 0. The van der Waals surface area contributed by atoms with Crippen molar-refractivity contribution in [1.82, 2.24) is 14.5 Å². The molecule has 0 spiro atoms. The minimum atomic E-state index is -4.46. The van der Waals surface area contributed by atoms with Gasteiger partial charge in [-0.25, -0.2) is 4.98 Å². The molecule has 0 bridgehead atoms. The average molecular weight is 359 g/mol. The summed E-state index contributed by atoms with van der Waals surface area (Å²) in [6, 6.07) is 3.52. The Morgan fingerprint density at radius 3 is 2.88 bits per heavy atom. The Balaban J connectivity index is 1.62. The molecule has 1 aliphatic carbocycles. The molecule has 0 atom stereocenters. The zero-order valence-electron chi connectivity index (χ0n) is 12.7. The van der Waals surface area contributed by atoms with Gasteiger partial charge in [-0.1, -0.05) is 11.8 Å². The van der Waals surface area contributed by atoms with Crippen molar-refractivity contribution in [3.8, 4) is 0 Å². The summed E-state index contributed by atoms with van der Waals surface area (Å²) < 4.78 is 45.2. The number of alkyl halides is 3. The lowest BCUT2D eigenvalue weighted by Gasteiger charge is -2.22. The van der Waals surface area contributed by atoms with Crippen LogP contribution < -0.4 is 0 Å². The van der Waals surface area contributed by atoms with Gasteiger partial charge >= 0.3 is 6.18 Å². The van der Waals surface area contributed by atoms with Gasteiger partial charge in [-0.05, 0) is 25.0 Å². The number of imidazole rings is 1. The van der Waals surface area contributed by atoms with Gasteiger partial charge in [-0.2, -0.15) is 13.2 Å². The molecular weight excluding hydrogens is 343 g/mol. The second-order valence-corrected chi connectivity index (χ2v) is 6.52. The van der Waals surface area contributed by atoms with Crippen LogP contribution in [0.3, 0.4) is 0 Å². The Morgan fingerprint density at radius 1 is 1.46 bits per heavy atom. The van der Waals surface area contributed by atoms with E-state index in [4.69, 9.17) is 4.42 Å². The van der Waals surface area contributed by atoms with Crippen molar-refractivity contribution < 1.29 is 22.4 Å². The smallest absolute Gasteiger partial charge is 0.406 e. The lowest BCUT2D eigenvalue weighted by Crippen LogP contribution is -2.39. The molecule has 3 rings (SSSR count). The maximum absolute atomic E-state index is 12.7. The Morgan fingerprint density at radius 2 is 2.25 bits per heavy atom. The molecule has 0 aromatic carbocycles. The number of rotatable bonds is 7. The van der Waals surface area contributed by atoms with Gasteiger partial charge in [0.15, 0.2) is 5.16 Å². The molecule has 0 aliphatic heterocycles. The summed E-state index contributed by atoms with van der Waals surface area (Å²) in [6.07, 6.45) is 2.52. The zero-order chi connectivity index (χ0) is 17.2. The number of amides is 1. The van der Waals surface area contributed by atoms with Crippen LogP contribution in [0.5, 0.6) is 0 Å². The summed E-state index contributed by atoms with van der Waals surface area (Å²) in [5, 5.41) is 0.663. The number of thioether (sulfide) groups is 1. The molecule has 130 valence electrons.